The molecule has 0 aliphatic carbocycles. The summed E-state index contributed by atoms with van der Waals surface area (Å²) in [6, 6.07) is 12.6. The van der Waals surface area contributed by atoms with Crippen LogP contribution in [0.5, 0.6) is 0 Å². The maximum atomic E-state index is 9.74. The first-order chi connectivity index (χ1) is 14.8. The third-order valence-electron chi connectivity index (χ3n) is 6.19. The highest BCUT2D eigenvalue weighted by Crippen LogP contribution is 2.27. The van der Waals surface area contributed by atoms with Crippen LogP contribution in [-0.4, -0.2) is 58.5 Å². The highest BCUT2D eigenvalue weighted by atomic mass is 16.5. The maximum absolute atomic E-state index is 9.74. The number of aliphatic hydroxyl groups is 1. The standard InChI is InChI=1S/C23H27N5O2/c29-18-6-9-28(10-7-18)23-12-22(25-15-26-23)27-21-14-30-13-17(21)11-16-5-8-24-20-4-2-1-3-19(16)20/h1-5,8,12,15,17-18,21,29H,6-7,9-11,13-14H2,(H,25,26,27)/t17-,21-/m1/s1. The number of pyridine rings is 1. The normalized spacial score (nSPS) is 22.5. The summed E-state index contributed by atoms with van der Waals surface area (Å²) >= 11 is 0. The van der Waals surface area contributed by atoms with E-state index in [4.69, 9.17) is 4.74 Å². The molecule has 2 aliphatic heterocycles. The second-order valence-electron chi connectivity index (χ2n) is 8.22. The summed E-state index contributed by atoms with van der Waals surface area (Å²) < 4.78 is 5.82. The van der Waals surface area contributed by atoms with E-state index in [1.807, 2.05) is 18.3 Å². The first kappa shape index (κ1) is 19.2. The van der Waals surface area contributed by atoms with Crippen LogP contribution in [0, 0.1) is 5.92 Å². The van der Waals surface area contributed by atoms with Crippen LogP contribution in [0.1, 0.15) is 18.4 Å². The van der Waals surface area contributed by atoms with Gasteiger partial charge in [0.1, 0.15) is 18.0 Å². The molecular weight excluding hydrogens is 378 g/mol. The van der Waals surface area contributed by atoms with Crippen molar-refractivity contribution in [3.8, 4) is 0 Å². The molecule has 4 heterocycles. The summed E-state index contributed by atoms with van der Waals surface area (Å²) in [6.07, 6.45) is 5.81. The van der Waals surface area contributed by atoms with E-state index in [1.54, 1.807) is 6.33 Å². The minimum absolute atomic E-state index is 0.193. The summed E-state index contributed by atoms with van der Waals surface area (Å²) in [4.78, 5) is 15.6. The number of aromatic nitrogens is 3. The quantitative estimate of drug-likeness (QED) is 0.675. The molecule has 2 aliphatic rings. The van der Waals surface area contributed by atoms with Crippen LogP contribution >= 0.6 is 0 Å². The van der Waals surface area contributed by atoms with E-state index in [1.165, 1.54) is 10.9 Å². The molecule has 2 aromatic heterocycles. The van der Waals surface area contributed by atoms with Crippen molar-refractivity contribution in [1.29, 1.82) is 0 Å². The molecule has 3 aromatic rings. The fourth-order valence-corrected chi connectivity index (χ4v) is 4.46. The topological polar surface area (TPSA) is 83.4 Å². The lowest BCUT2D eigenvalue weighted by molar-refractivity contribution is 0.145. The number of rotatable bonds is 5. The van der Waals surface area contributed by atoms with Crippen LogP contribution in [0.3, 0.4) is 0 Å². The van der Waals surface area contributed by atoms with Crippen LogP contribution in [0.15, 0.2) is 48.9 Å². The van der Waals surface area contributed by atoms with Crippen LogP contribution < -0.4 is 10.2 Å². The number of ether oxygens (including phenoxy) is 1. The van der Waals surface area contributed by atoms with Gasteiger partial charge in [0.15, 0.2) is 0 Å². The molecule has 2 saturated heterocycles. The highest BCUT2D eigenvalue weighted by Gasteiger charge is 2.29. The minimum atomic E-state index is -0.193. The van der Waals surface area contributed by atoms with Gasteiger partial charge in [-0.05, 0) is 37.0 Å². The Balaban J connectivity index is 1.29. The molecule has 7 heteroatoms. The van der Waals surface area contributed by atoms with Gasteiger partial charge in [-0.1, -0.05) is 18.2 Å². The van der Waals surface area contributed by atoms with Gasteiger partial charge in [-0.3, -0.25) is 4.98 Å². The molecule has 30 heavy (non-hydrogen) atoms. The number of piperidine rings is 1. The number of fused-ring (bicyclic) bond motifs is 1. The highest BCUT2D eigenvalue weighted by molar-refractivity contribution is 5.81. The molecule has 0 saturated carbocycles. The number of aliphatic hydroxyl groups excluding tert-OH is 1. The van der Waals surface area contributed by atoms with Gasteiger partial charge in [-0.15, -0.1) is 0 Å². The largest absolute Gasteiger partial charge is 0.393 e. The number of anilines is 2. The van der Waals surface area contributed by atoms with Crippen LogP contribution in [0.4, 0.5) is 11.6 Å². The maximum Gasteiger partial charge on any atom is 0.134 e. The van der Waals surface area contributed by atoms with Crippen molar-refractivity contribution in [1.82, 2.24) is 15.0 Å². The molecule has 0 bridgehead atoms. The zero-order valence-corrected chi connectivity index (χ0v) is 16.9. The Labute approximate surface area is 176 Å². The van der Waals surface area contributed by atoms with E-state index >= 15 is 0 Å². The van der Waals surface area contributed by atoms with Crippen molar-refractivity contribution in [2.45, 2.75) is 31.4 Å². The Hall–Kier alpha value is -2.77. The summed E-state index contributed by atoms with van der Waals surface area (Å²) in [5, 5.41) is 14.5. The Kier molecular flexibility index (Phi) is 5.46. The lowest BCUT2D eigenvalue weighted by atomic mass is 9.93. The van der Waals surface area contributed by atoms with Crippen molar-refractivity contribution in [2.75, 3.05) is 36.5 Å². The van der Waals surface area contributed by atoms with Gasteiger partial charge in [0.2, 0.25) is 0 Å². The number of hydrogen-bond donors (Lipinski definition) is 2. The second kappa shape index (κ2) is 8.53. The van der Waals surface area contributed by atoms with E-state index in [0.29, 0.717) is 12.5 Å². The van der Waals surface area contributed by atoms with E-state index < -0.39 is 0 Å². The van der Waals surface area contributed by atoms with Gasteiger partial charge in [-0.2, -0.15) is 0 Å². The van der Waals surface area contributed by atoms with Crippen LogP contribution in [0.25, 0.3) is 10.9 Å². The molecule has 5 rings (SSSR count). The molecule has 7 nitrogen and oxygen atoms in total. The molecular formula is C23H27N5O2. The monoisotopic (exact) mass is 405 g/mol. The molecule has 0 amide bonds. The number of para-hydroxylation sites is 1. The molecule has 156 valence electrons. The number of benzene rings is 1. The van der Waals surface area contributed by atoms with Gasteiger partial charge in [0.25, 0.3) is 0 Å². The van der Waals surface area contributed by atoms with Gasteiger partial charge in [-0.25, -0.2) is 9.97 Å². The molecule has 2 N–H and O–H groups in total. The number of nitrogens with one attached hydrogen (secondary N) is 1. The molecule has 0 spiro atoms. The second-order valence-corrected chi connectivity index (χ2v) is 8.22. The summed E-state index contributed by atoms with van der Waals surface area (Å²) in [5.74, 6) is 2.10. The van der Waals surface area contributed by atoms with Crippen molar-refractivity contribution in [3.63, 3.8) is 0 Å². The third-order valence-corrected chi connectivity index (χ3v) is 6.19. The summed E-state index contributed by atoms with van der Waals surface area (Å²) in [6.45, 7) is 3.04. The van der Waals surface area contributed by atoms with Crippen molar-refractivity contribution < 1.29 is 9.84 Å². The van der Waals surface area contributed by atoms with Crippen LogP contribution in [-0.2, 0) is 11.2 Å². The number of hydrogen-bond acceptors (Lipinski definition) is 7. The molecule has 2 fully saturated rings. The first-order valence-electron chi connectivity index (χ1n) is 10.7. The Morgan fingerprint density at radius 3 is 2.83 bits per heavy atom. The smallest absolute Gasteiger partial charge is 0.134 e. The van der Waals surface area contributed by atoms with E-state index in [0.717, 1.165) is 56.1 Å². The predicted octanol–water partition coefficient (Wildman–Crippen LogP) is 2.66. The Bertz CT molecular complexity index is 1000. The summed E-state index contributed by atoms with van der Waals surface area (Å²) in [7, 11) is 0. The molecule has 0 unspecified atom stereocenters. The predicted molar refractivity (Wildman–Crippen MR) is 117 cm³/mol. The van der Waals surface area contributed by atoms with Crippen molar-refractivity contribution in [3.05, 3.63) is 54.5 Å². The van der Waals surface area contributed by atoms with E-state index in [2.05, 4.69) is 49.4 Å². The SMILES string of the molecule is OC1CCN(c2cc(N[C@@H]3COC[C@H]3Cc3ccnc4ccccc34)ncn2)CC1. The lowest BCUT2D eigenvalue weighted by Gasteiger charge is -2.30. The van der Waals surface area contributed by atoms with Crippen molar-refractivity contribution in [2.24, 2.45) is 5.92 Å². The lowest BCUT2D eigenvalue weighted by Crippen LogP contribution is -2.36. The average molecular weight is 406 g/mol. The molecule has 1 aromatic carbocycles. The zero-order valence-electron chi connectivity index (χ0n) is 16.9. The summed E-state index contributed by atoms with van der Waals surface area (Å²) in [5.41, 5.74) is 2.34. The Morgan fingerprint density at radius 2 is 1.93 bits per heavy atom. The fraction of sp³-hybridized carbons (Fsp3) is 0.435. The minimum Gasteiger partial charge on any atom is -0.393 e. The van der Waals surface area contributed by atoms with Crippen LogP contribution in [0.2, 0.25) is 0 Å². The van der Waals surface area contributed by atoms with Gasteiger partial charge in [0, 0.05) is 36.7 Å². The first-order valence-corrected chi connectivity index (χ1v) is 10.7. The van der Waals surface area contributed by atoms with E-state index in [9.17, 15) is 5.11 Å². The average Bonchev–Trinajstić information content (AvgIpc) is 3.21. The van der Waals surface area contributed by atoms with E-state index in [-0.39, 0.29) is 12.1 Å². The molecule has 0 radical (unpaired) electrons. The van der Waals surface area contributed by atoms with Gasteiger partial charge < -0.3 is 20.1 Å². The van der Waals surface area contributed by atoms with Crippen molar-refractivity contribution >= 4 is 22.5 Å². The fourth-order valence-electron chi connectivity index (χ4n) is 4.46. The van der Waals surface area contributed by atoms with Gasteiger partial charge in [0.05, 0.1) is 30.9 Å². The molecule has 2 atom stereocenters. The van der Waals surface area contributed by atoms with Gasteiger partial charge >= 0.3 is 0 Å². The Morgan fingerprint density at radius 1 is 1.07 bits per heavy atom. The zero-order chi connectivity index (χ0) is 20.3. The number of nitrogens with zero attached hydrogens (tertiary/aromatic N) is 4. The third kappa shape index (κ3) is 4.08.